The Balaban J connectivity index is 2.39. The number of carboxylic acids is 1. The van der Waals surface area contributed by atoms with Crippen molar-refractivity contribution in [2.24, 2.45) is 5.92 Å². The van der Waals surface area contributed by atoms with Crippen LogP contribution in [0.1, 0.15) is 30.1 Å². The molecule has 0 bridgehead atoms. The Hall–Kier alpha value is -1.62. The molecule has 0 aliphatic rings. The van der Waals surface area contributed by atoms with Crippen LogP contribution in [-0.2, 0) is 4.79 Å². The molecule has 6 heteroatoms. The molecule has 1 amide bonds. The molecule has 0 aliphatic heterocycles. The monoisotopic (exact) mass is 270 g/mol. The highest BCUT2D eigenvalue weighted by Gasteiger charge is 2.09. The zero-order chi connectivity index (χ0) is 13.5. The maximum atomic E-state index is 11.7. The van der Waals surface area contributed by atoms with Crippen LogP contribution >= 0.6 is 11.6 Å². The maximum Gasteiger partial charge on any atom is 0.303 e. The van der Waals surface area contributed by atoms with Crippen LogP contribution in [0.15, 0.2) is 18.3 Å². The van der Waals surface area contributed by atoms with Gasteiger partial charge in [-0.15, -0.1) is 0 Å². The van der Waals surface area contributed by atoms with Gasteiger partial charge in [0.15, 0.2) is 0 Å². The molecule has 1 aromatic rings. The first-order chi connectivity index (χ1) is 8.49. The normalized spacial score (nSPS) is 11.9. The summed E-state index contributed by atoms with van der Waals surface area (Å²) in [5, 5.41) is 11.5. The summed E-state index contributed by atoms with van der Waals surface area (Å²) in [6.45, 7) is 2.33. The smallest absolute Gasteiger partial charge is 0.303 e. The Morgan fingerprint density at radius 3 is 2.89 bits per heavy atom. The number of rotatable bonds is 6. The molecule has 0 spiro atoms. The number of hydrogen-bond donors (Lipinski definition) is 2. The van der Waals surface area contributed by atoms with Gasteiger partial charge in [0.05, 0.1) is 0 Å². The lowest BCUT2D eigenvalue weighted by atomic mass is 10.1. The van der Waals surface area contributed by atoms with Crippen molar-refractivity contribution in [3.8, 4) is 0 Å². The first-order valence-corrected chi connectivity index (χ1v) is 5.98. The first kappa shape index (κ1) is 14.4. The molecule has 1 atom stereocenters. The summed E-state index contributed by atoms with van der Waals surface area (Å²) in [5.41, 5.74) is 0.445. The number of carbonyl (C=O) groups is 2. The summed E-state index contributed by atoms with van der Waals surface area (Å²) in [6.07, 6.45) is 2.11. The van der Waals surface area contributed by atoms with Crippen molar-refractivity contribution in [2.75, 3.05) is 6.54 Å². The van der Waals surface area contributed by atoms with Crippen molar-refractivity contribution in [3.63, 3.8) is 0 Å². The highest BCUT2D eigenvalue weighted by molar-refractivity contribution is 6.29. The minimum absolute atomic E-state index is 0.109. The molecule has 1 heterocycles. The summed E-state index contributed by atoms with van der Waals surface area (Å²) < 4.78 is 0. The predicted molar refractivity (Wildman–Crippen MR) is 67.6 cm³/mol. The van der Waals surface area contributed by atoms with E-state index in [2.05, 4.69) is 10.3 Å². The number of carbonyl (C=O) groups excluding carboxylic acids is 1. The van der Waals surface area contributed by atoms with E-state index in [1.165, 1.54) is 12.3 Å². The quantitative estimate of drug-likeness (QED) is 0.775. The molecule has 1 unspecified atom stereocenters. The highest BCUT2D eigenvalue weighted by Crippen LogP contribution is 2.08. The Bertz CT molecular complexity index is 437. The molecule has 18 heavy (non-hydrogen) atoms. The SMILES string of the molecule is CC(CCC(=O)O)CNC(=O)c1ccnc(Cl)c1. The zero-order valence-corrected chi connectivity index (χ0v) is 10.8. The van der Waals surface area contributed by atoms with Gasteiger partial charge in [-0.05, 0) is 24.5 Å². The minimum atomic E-state index is -0.825. The molecule has 0 aliphatic carbocycles. The van der Waals surface area contributed by atoms with Gasteiger partial charge in [-0.25, -0.2) is 4.98 Å². The van der Waals surface area contributed by atoms with E-state index in [1.807, 2.05) is 6.92 Å². The number of hydrogen-bond acceptors (Lipinski definition) is 3. The minimum Gasteiger partial charge on any atom is -0.481 e. The third-order valence-electron chi connectivity index (χ3n) is 2.45. The summed E-state index contributed by atoms with van der Waals surface area (Å²) in [5.74, 6) is -0.946. The van der Waals surface area contributed by atoms with Crippen molar-refractivity contribution in [1.29, 1.82) is 0 Å². The maximum absolute atomic E-state index is 11.7. The lowest BCUT2D eigenvalue weighted by molar-refractivity contribution is -0.137. The van der Waals surface area contributed by atoms with Gasteiger partial charge < -0.3 is 10.4 Å². The van der Waals surface area contributed by atoms with E-state index in [4.69, 9.17) is 16.7 Å². The average molecular weight is 271 g/mol. The van der Waals surface area contributed by atoms with Gasteiger partial charge in [0.2, 0.25) is 0 Å². The van der Waals surface area contributed by atoms with Crippen LogP contribution in [0.3, 0.4) is 0 Å². The molecule has 0 radical (unpaired) electrons. The van der Waals surface area contributed by atoms with Crippen LogP contribution in [0, 0.1) is 5.92 Å². The van der Waals surface area contributed by atoms with Gasteiger partial charge in [0.1, 0.15) is 5.15 Å². The van der Waals surface area contributed by atoms with Crippen molar-refractivity contribution in [2.45, 2.75) is 19.8 Å². The zero-order valence-electron chi connectivity index (χ0n) is 10.0. The standard InChI is InChI=1S/C12H15ClN2O3/c1-8(2-3-11(16)17)7-15-12(18)9-4-5-14-10(13)6-9/h4-6,8H,2-3,7H2,1H3,(H,15,18)(H,16,17). The number of halogens is 1. The van der Waals surface area contributed by atoms with Crippen molar-refractivity contribution in [1.82, 2.24) is 10.3 Å². The fraction of sp³-hybridized carbons (Fsp3) is 0.417. The molecule has 2 N–H and O–H groups in total. The van der Waals surface area contributed by atoms with Gasteiger partial charge in [-0.3, -0.25) is 9.59 Å². The Morgan fingerprint density at radius 2 is 2.28 bits per heavy atom. The molecule has 1 rings (SSSR count). The number of pyridine rings is 1. The Morgan fingerprint density at radius 1 is 1.56 bits per heavy atom. The third-order valence-corrected chi connectivity index (χ3v) is 2.66. The van der Waals surface area contributed by atoms with Crippen LogP contribution in [0.5, 0.6) is 0 Å². The molecule has 5 nitrogen and oxygen atoms in total. The van der Waals surface area contributed by atoms with Crippen LogP contribution in [0.25, 0.3) is 0 Å². The predicted octanol–water partition coefficient (Wildman–Crippen LogP) is 1.97. The average Bonchev–Trinajstić information content (AvgIpc) is 2.33. The van der Waals surface area contributed by atoms with E-state index >= 15 is 0 Å². The largest absolute Gasteiger partial charge is 0.481 e. The number of carboxylic acid groups (broad SMARTS) is 1. The molecule has 0 fully saturated rings. The van der Waals surface area contributed by atoms with E-state index in [0.29, 0.717) is 18.5 Å². The summed E-state index contributed by atoms with van der Waals surface area (Å²) in [7, 11) is 0. The molecule has 1 aromatic heterocycles. The van der Waals surface area contributed by atoms with Gasteiger partial charge >= 0.3 is 5.97 Å². The van der Waals surface area contributed by atoms with E-state index in [9.17, 15) is 9.59 Å². The fourth-order valence-corrected chi connectivity index (χ4v) is 1.56. The molecule has 0 aromatic carbocycles. The Kier molecular flexibility index (Phi) is 5.58. The van der Waals surface area contributed by atoms with E-state index < -0.39 is 5.97 Å². The second-order valence-corrected chi connectivity index (χ2v) is 4.50. The second-order valence-electron chi connectivity index (χ2n) is 4.11. The van der Waals surface area contributed by atoms with Crippen molar-refractivity contribution >= 4 is 23.5 Å². The number of amides is 1. The molecule has 0 saturated carbocycles. The molecular formula is C12H15ClN2O3. The van der Waals surface area contributed by atoms with Crippen LogP contribution in [0.4, 0.5) is 0 Å². The van der Waals surface area contributed by atoms with E-state index in [0.717, 1.165) is 0 Å². The van der Waals surface area contributed by atoms with Gasteiger partial charge in [-0.1, -0.05) is 18.5 Å². The van der Waals surface area contributed by atoms with E-state index in [-0.39, 0.29) is 23.4 Å². The number of aliphatic carboxylic acids is 1. The number of nitrogens with one attached hydrogen (secondary N) is 1. The third kappa shape index (κ3) is 5.14. The summed E-state index contributed by atoms with van der Waals surface area (Å²) >= 11 is 5.68. The van der Waals surface area contributed by atoms with Crippen LogP contribution in [0.2, 0.25) is 5.15 Å². The lowest BCUT2D eigenvalue weighted by Crippen LogP contribution is -2.28. The summed E-state index contributed by atoms with van der Waals surface area (Å²) in [6, 6.07) is 3.06. The molecular weight excluding hydrogens is 256 g/mol. The van der Waals surface area contributed by atoms with Crippen molar-refractivity contribution in [3.05, 3.63) is 29.0 Å². The summed E-state index contributed by atoms with van der Waals surface area (Å²) in [4.78, 5) is 25.9. The molecule has 98 valence electrons. The van der Waals surface area contributed by atoms with Crippen LogP contribution < -0.4 is 5.32 Å². The van der Waals surface area contributed by atoms with Gasteiger partial charge in [-0.2, -0.15) is 0 Å². The lowest BCUT2D eigenvalue weighted by Gasteiger charge is -2.11. The molecule has 0 saturated heterocycles. The fourth-order valence-electron chi connectivity index (χ4n) is 1.38. The van der Waals surface area contributed by atoms with Gasteiger partial charge in [0.25, 0.3) is 5.91 Å². The second kappa shape index (κ2) is 6.96. The van der Waals surface area contributed by atoms with Crippen molar-refractivity contribution < 1.29 is 14.7 Å². The van der Waals surface area contributed by atoms with E-state index in [1.54, 1.807) is 6.07 Å². The number of aromatic nitrogens is 1. The highest BCUT2D eigenvalue weighted by atomic mass is 35.5. The number of nitrogens with zero attached hydrogens (tertiary/aromatic N) is 1. The van der Waals surface area contributed by atoms with Crippen LogP contribution in [-0.4, -0.2) is 28.5 Å². The first-order valence-electron chi connectivity index (χ1n) is 5.60. The Labute approximate surface area is 110 Å². The topological polar surface area (TPSA) is 79.3 Å². The van der Waals surface area contributed by atoms with Gasteiger partial charge in [0, 0.05) is 24.7 Å².